The van der Waals surface area contributed by atoms with Gasteiger partial charge in [0.2, 0.25) is 0 Å². The molecular weight excluding hydrogens is 382 g/mol. The monoisotopic (exact) mass is 399 g/mol. The van der Waals surface area contributed by atoms with Crippen LogP contribution in [0, 0.1) is 0 Å². The number of ether oxygens (including phenoxy) is 2. The molecule has 4 rings (SSSR count). The number of imidazole rings is 1. The molecule has 0 saturated carbocycles. The molecule has 7 nitrogen and oxygen atoms in total. The van der Waals surface area contributed by atoms with Crippen molar-refractivity contribution in [2.24, 2.45) is 0 Å². The molecule has 2 aromatic carbocycles. The molecule has 0 spiro atoms. The van der Waals surface area contributed by atoms with Crippen LogP contribution in [0.2, 0.25) is 5.02 Å². The molecule has 144 valence electrons. The Morgan fingerprint density at radius 1 is 1.25 bits per heavy atom. The highest BCUT2D eigenvalue weighted by Crippen LogP contribution is 2.26. The molecular formula is C20H18ClN3O4. The molecule has 8 heteroatoms. The second-order valence-electron chi connectivity index (χ2n) is 6.48. The van der Waals surface area contributed by atoms with E-state index in [0.717, 1.165) is 11.3 Å². The van der Waals surface area contributed by atoms with E-state index in [2.05, 4.69) is 14.9 Å². The number of hydrogen-bond donors (Lipinski definition) is 1. The molecule has 0 bridgehead atoms. The summed E-state index contributed by atoms with van der Waals surface area (Å²) in [4.78, 5) is 28.7. The van der Waals surface area contributed by atoms with Gasteiger partial charge in [-0.25, -0.2) is 9.78 Å². The lowest BCUT2D eigenvalue weighted by Gasteiger charge is -2.26. The number of hydrogen-bond acceptors (Lipinski definition) is 5. The smallest absolute Gasteiger partial charge is 0.337 e. The number of carbonyl (C=O) groups excluding carboxylic acids is 2. The average Bonchev–Trinajstić information content (AvgIpc) is 3.10. The molecule has 28 heavy (non-hydrogen) atoms. The van der Waals surface area contributed by atoms with E-state index in [1.807, 2.05) is 6.07 Å². The summed E-state index contributed by atoms with van der Waals surface area (Å²) >= 11 is 5.87. The normalized spacial score (nSPS) is 15.9. The first-order valence-corrected chi connectivity index (χ1v) is 9.15. The number of methoxy groups -OCH3 is 1. The van der Waals surface area contributed by atoms with Gasteiger partial charge in [-0.05, 0) is 42.5 Å². The highest BCUT2D eigenvalue weighted by molar-refractivity contribution is 6.30. The van der Waals surface area contributed by atoms with E-state index in [1.54, 1.807) is 36.4 Å². The number of nitrogens with one attached hydrogen (secondary N) is 1. The molecule has 1 aliphatic heterocycles. The van der Waals surface area contributed by atoms with Crippen LogP contribution in [0.25, 0.3) is 11.0 Å². The first-order valence-electron chi connectivity index (χ1n) is 8.77. The Bertz CT molecular complexity index is 1050. The number of amides is 1. The fraction of sp³-hybridized carbons (Fsp3) is 0.250. The number of halogens is 1. The number of carbonyl (C=O) groups is 2. The zero-order valence-corrected chi connectivity index (χ0v) is 15.9. The molecule has 1 unspecified atom stereocenters. The van der Waals surface area contributed by atoms with Crippen molar-refractivity contribution >= 4 is 34.5 Å². The van der Waals surface area contributed by atoms with E-state index in [-0.39, 0.29) is 11.9 Å². The molecule has 1 atom stereocenters. The zero-order valence-electron chi connectivity index (χ0n) is 15.1. The third kappa shape index (κ3) is 3.46. The Morgan fingerprint density at radius 3 is 2.75 bits per heavy atom. The van der Waals surface area contributed by atoms with Gasteiger partial charge in [0.15, 0.2) is 0 Å². The topological polar surface area (TPSA) is 82.5 Å². The molecule has 2 heterocycles. The quantitative estimate of drug-likeness (QED) is 0.682. The fourth-order valence-corrected chi connectivity index (χ4v) is 3.45. The second-order valence-corrected chi connectivity index (χ2v) is 6.92. The highest BCUT2D eigenvalue weighted by atomic mass is 35.5. The van der Waals surface area contributed by atoms with E-state index in [0.29, 0.717) is 41.4 Å². The Labute approximate surface area is 166 Å². The molecule has 0 aliphatic carbocycles. The van der Waals surface area contributed by atoms with Crippen LogP contribution in [0.4, 0.5) is 0 Å². The summed E-state index contributed by atoms with van der Waals surface area (Å²) in [6.45, 7) is 1.22. The van der Waals surface area contributed by atoms with Gasteiger partial charge in [0, 0.05) is 17.1 Å². The minimum atomic E-state index is -0.407. The Morgan fingerprint density at radius 2 is 2.00 bits per heavy atom. The van der Waals surface area contributed by atoms with Gasteiger partial charge in [0.25, 0.3) is 5.91 Å². The number of benzene rings is 2. The summed E-state index contributed by atoms with van der Waals surface area (Å²) < 4.78 is 12.5. The third-order valence-corrected chi connectivity index (χ3v) is 4.95. The van der Waals surface area contributed by atoms with Crippen LogP contribution in [0.5, 0.6) is 0 Å². The third-order valence-electron chi connectivity index (χ3n) is 4.69. The lowest BCUT2D eigenvalue weighted by atomic mass is 10.1. The van der Waals surface area contributed by atoms with Gasteiger partial charge in [-0.3, -0.25) is 4.79 Å². The number of esters is 1. The largest absolute Gasteiger partial charge is 0.465 e. The van der Waals surface area contributed by atoms with Gasteiger partial charge in [-0.2, -0.15) is 0 Å². The van der Waals surface area contributed by atoms with Gasteiger partial charge in [0.05, 0.1) is 36.4 Å². The standard InChI is InChI=1S/C20H18ClN3O4/c1-27-20(26)13-4-7-17-16(8-13)23-18-11-28-10-15(24(17)18)9-22-19(25)12-2-5-14(21)6-3-12/h2-8,15H,9-11H2,1H3,(H,22,25). The van der Waals surface area contributed by atoms with Crippen LogP contribution in [0.3, 0.4) is 0 Å². The number of fused-ring (bicyclic) bond motifs is 3. The van der Waals surface area contributed by atoms with Gasteiger partial charge in [-0.1, -0.05) is 11.6 Å². The van der Waals surface area contributed by atoms with Gasteiger partial charge in [-0.15, -0.1) is 0 Å². The maximum absolute atomic E-state index is 12.4. The van der Waals surface area contributed by atoms with Crippen LogP contribution >= 0.6 is 11.6 Å². The van der Waals surface area contributed by atoms with Gasteiger partial charge < -0.3 is 19.4 Å². The maximum atomic E-state index is 12.4. The zero-order chi connectivity index (χ0) is 19.7. The molecule has 1 amide bonds. The number of aromatic nitrogens is 2. The van der Waals surface area contributed by atoms with Crippen molar-refractivity contribution < 1.29 is 19.1 Å². The lowest BCUT2D eigenvalue weighted by molar-refractivity contribution is 0.0553. The first kappa shape index (κ1) is 18.5. The van der Waals surface area contributed by atoms with Crippen LogP contribution in [0.15, 0.2) is 42.5 Å². The summed E-state index contributed by atoms with van der Waals surface area (Å²) in [7, 11) is 1.35. The van der Waals surface area contributed by atoms with Crippen molar-refractivity contribution in [3.05, 3.63) is 64.4 Å². The number of rotatable bonds is 4. The van der Waals surface area contributed by atoms with Crippen LogP contribution in [-0.4, -0.2) is 41.7 Å². The van der Waals surface area contributed by atoms with E-state index < -0.39 is 5.97 Å². The molecule has 1 aliphatic rings. The predicted molar refractivity (Wildman–Crippen MR) is 104 cm³/mol. The van der Waals surface area contributed by atoms with Crippen LogP contribution in [-0.2, 0) is 16.1 Å². The molecule has 3 aromatic rings. The Kier molecular flexibility index (Phi) is 5.02. The summed E-state index contributed by atoms with van der Waals surface area (Å²) in [6, 6.07) is 11.9. The summed E-state index contributed by atoms with van der Waals surface area (Å²) in [5.74, 6) is 0.172. The highest BCUT2D eigenvalue weighted by Gasteiger charge is 2.25. The molecule has 0 fully saturated rings. The molecule has 1 aromatic heterocycles. The van der Waals surface area contributed by atoms with E-state index in [4.69, 9.17) is 21.1 Å². The minimum Gasteiger partial charge on any atom is -0.465 e. The Balaban J connectivity index is 1.57. The van der Waals surface area contributed by atoms with Crippen molar-refractivity contribution in [3.63, 3.8) is 0 Å². The lowest BCUT2D eigenvalue weighted by Crippen LogP contribution is -2.35. The first-order chi connectivity index (χ1) is 13.6. The van der Waals surface area contributed by atoms with E-state index in [9.17, 15) is 9.59 Å². The average molecular weight is 400 g/mol. The molecule has 0 saturated heterocycles. The number of nitrogens with zero attached hydrogens (tertiary/aromatic N) is 2. The summed E-state index contributed by atoms with van der Waals surface area (Å²) in [5, 5.41) is 3.52. The Hall–Kier alpha value is -2.90. The fourth-order valence-electron chi connectivity index (χ4n) is 3.33. The van der Waals surface area contributed by atoms with Crippen molar-refractivity contribution in [1.82, 2.24) is 14.9 Å². The van der Waals surface area contributed by atoms with E-state index in [1.165, 1.54) is 7.11 Å². The molecule has 1 N–H and O–H groups in total. The van der Waals surface area contributed by atoms with Crippen molar-refractivity contribution in [1.29, 1.82) is 0 Å². The van der Waals surface area contributed by atoms with E-state index >= 15 is 0 Å². The van der Waals surface area contributed by atoms with Crippen molar-refractivity contribution in [2.45, 2.75) is 12.6 Å². The van der Waals surface area contributed by atoms with Crippen LogP contribution in [0.1, 0.15) is 32.6 Å². The summed E-state index contributed by atoms with van der Waals surface area (Å²) in [6.07, 6.45) is 0. The van der Waals surface area contributed by atoms with Crippen molar-refractivity contribution in [2.75, 3.05) is 20.3 Å². The molecule has 0 radical (unpaired) electrons. The van der Waals surface area contributed by atoms with Gasteiger partial charge >= 0.3 is 5.97 Å². The minimum absolute atomic E-state index is 0.103. The summed E-state index contributed by atoms with van der Waals surface area (Å²) in [5.41, 5.74) is 2.56. The predicted octanol–water partition coefficient (Wildman–Crippen LogP) is 2.98. The van der Waals surface area contributed by atoms with Gasteiger partial charge in [0.1, 0.15) is 12.4 Å². The van der Waals surface area contributed by atoms with Crippen LogP contribution < -0.4 is 5.32 Å². The second kappa shape index (κ2) is 7.61. The van der Waals surface area contributed by atoms with Crippen molar-refractivity contribution in [3.8, 4) is 0 Å². The SMILES string of the molecule is COC(=O)c1ccc2c(c1)nc1n2C(CNC(=O)c2ccc(Cl)cc2)COC1. The maximum Gasteiger partial charge on any atom is 0.337 e.